The largest absolute Gasteiger partial charge is 0.399 e. The number of hydrogen-bond acceptors (Lipinski definition) is 3. The number of sulfonamides is 1. The summed E-state index contributed by atoms with van der Waals surface area (Å²) in [5, 5.41) is 0.638. The van der Waals surface area contributed by atoms with Crippen molar-refractivity contribution in [3.8, 4) is 0 Å². The lowest BCUT2D eigenvalue weighted by Gasteiger charge is -2.11. The summed E-state index contributed by atoms with van der Waals surface area (Å²) in [5.74, 6) is 0. The number of anilines is 2. The van der Waals surface area contributed by atoms with Gasteiger partial charge in [-0.25, -0.2) is 8.42 Å². The van der Waals surface area contributed by atoms with Gasteiger partial charge in [0.2, 0.25) is 0 Å². The van der Waals surface area contributed by atoms with Gasteiger partial charge in [-0.15, -0.1) is 0 Å². The van der Waals surface area contributed by atoms with Crippen molar-refractivity contribution in [3.05, 3.63) is 52.0 Å². The summed E-state index contributed by atoms with van der Waals surface area (Å²) in [7, 11) is -3.70. The van der Waals surface area contributed by atoms with Crippen molar-refractivity contribution in [1.82, 2.24) is 0 Å². The van der Waals surface area contributed by atoms with Gasteiger partial charge < -0.3 is 5.73 Å². The van der Waals surface area contributed by atoms with Crippen LogP contribution in [0.5, 0.6) is 0 Å². The van der Waals surface area contributed by atoms with Gasteiger partial charge in [0.05, 0.1) is 20.6 Å². The van der Waals surface area contributed by atoms with E-state index in [4.69, 9.17) is 28.9 Å². The third-order valence-corrected chi connectivity index (χ3v) is 4.94. The van der Waals surface area contributed by atoms with Gasteiger partial charge in [-0.05, 0) is 48.9 Å². The predicted octanol–water partition coefficient (Wildman–Crippen LogP) is 3.68. The van der Waals surface area contributed by atoms with Crippen LogP contribution >= 0.6 is 23.2 Å². The first kappa shape index (κ1) is 15.0. The molecule has 2 aromatic rings. The summed E-state index contributed by atoms with van der Waals surface area (Å²) in [5.41, 5.74) is 7.03. The smallest absolute Gasteiger partial charge is 0.262 e. The molecule has 0 amide bonds. The van der Waals surface area contributed by atoms with Gasteiger partial charge in [-0.1, -0.05) is 23.2 Å². The van der Waals surface area contributed by atoms with Gasteiger partial charge in [-0.2, -0.15) is 0 Å². The lowest BCUT2D eigenvalue weighted by atomic mass is 10.2. The van der Waals surface area contributed by atoms with E-state index < -0.39 is 10.0 Å². The molecule has 0 radical (unpaired) electrons. The van der Waals surface area contributed by atoms with Crippen molar-refractivity contribution in [3.63, 3.8) is 0 Å². The molecular weight excluding hydrogens is 319 g/mol. The summed E-state index contributed by atoms with van der Waals surface area (Å²) in [6.45, 7) is 1.68. The first-order valence-corrected chi connectivity index (χ1v) is 7.87. The maximum absolute atomic E-state index is 12.3. The molecule has 0 aliphatic carbocycles. The van der Waals surface area contributed by atoms with E-state index in [1.165, 1.54) is 24.3 Å². The third-order valence-electron chi connectivity index (χ3n) is 2.66. The molecule has 0 atom stereocenters. The average Bonchev–Trinajstić information content (AvgIpc) is 2.33. The number of nitrogens with one attached hydrogen (secondary N) is 1. The Morgan fingerprint density at radius 3 is 2.35 bits per heavy atom. The van der Waals surface area contributed by atoms with Gasteiger partial charge in [0, 0.05) is 5.69 Å². The second-order valence-corrected chi connectivity index (χ2v) is 6.72. The maximum atomic E-state index is 12.3. The second-order valence-electron chi connectivity index (χ2n) is 4.26. The Labute approximate surface area is 127 Å². The SMILES string of the molecule is Cc1cc(N)ccc1S(=O)(=O)Nc1ccc(Cl)c(Cl)c1. The minimum Gasteiger partial charge on any atom is -0.399 e. The summed E-state index contributed by atoms with van der Waals surface area (Å²) >= 11 is 11.6. The highest BCUT2D eigenvalue weighted by atomic mass is 35.5. The highest BCUT2D eigenvalue weighted by molar-refractivity contribution is 7.92. The number of halogens is 2. The van der Waals surface area contributed by atoms with Crippen molar-refractivity contribution in [2.24, 2.45) is 0 Å². The van der Waals surface area contributed by atoms with Crippen LogP contribution in [0.2, 0.25) is 10.0 Å². The van der Waals surface area contributed by atoms with E-state index in [1.54, 1.807) is 19.1 Å². The van der Waals surface area contributed by atoms with Crippen LogP contribution in [0.4, 0.5) is 11.4 Å². The molecule has 0 heterocycles. The number of aryl methyl sites for hydroxylation is 1. The normalized spacial score (nSPS) is 11.3. The monoisotopic (exact) mass is 330 g/mol. The molecule has 106 valence electrons. The van der Waals surface area contributed by atoms with Crippen LogP contribution in [-0.2, 0) is 10.0 Å². The molecule has 0 fully saturated rings. The zero-order valence-electron chi connectivity index (χ0n) is 10.5. The molecule has 0 spiro atoms. The highest BCUT2D eigenvalue weighted by Gasteiger charge is 2.17. The molecular formula is C13H12Cl2N2O2S. The number of rotatable bonds is 3. The van der Waals surface area contributed by atoms with E-state index in [9.17, 15) is 8.42 Å². The Hall–Kier alpha value is -1.43. The van der Waals surface area contributed by atoms with Crippen LogP contribution in [0.15, 0.2) is 41.3 Å². The fourth-order valence-corrected chi connectivity index (χ4v) is 3.32. The highest BCUT2D eigenvalue weighted by Crippen LogP contribution is 2.27. The minimum absolute atomic E-state index is 0.165. The predicted molar refractivity (Wildman–Crippen MR) is 82.9 cm³/mol. The molecule has 7 heteroatoms. The van der Waals surface area contributed by atoms with E-state index in [0.717, 1.165) is 0 Å². The van der Waals surface area contributed by atoms with Crippen LogP contribution in [0.3, 0.4) is 0 Å². The first-order chi connectivity index (χ1) is 9.29. The van der Waals surface area contributed by atoms with E-state index in [1.807, 2.05) is 0 Å². The second kappa shape index (κ2) is 5.52. The lowest BCUT2D eigenvalue weighted by Crippen LogP contribution is -2.14. The number of nitrogen functional groups attached to an aromatic ring is 1. The van der Waals surface area contributed by atoms with E-state index in [2.05, 4.69) is 4.72 Å². The molecule has 3 N–H and O–H groups in total. The maximum Gasteiger partial charge on any atom is 0.262 e. The van der Waals surface area contributed by atoms with Gasteiger partial charge in [-0.3, -0.25) is 4.72 Å². The molecule has 20 heavy (non-hydrogen) atoms. The zero-order valence-corrected chi connectivity index (χ0v) is 12.9. The molecule has 4 nitrogen and oxygen atoms in total. The molecule has 0 unspecified atom stereocenters. The Kier molecular flexibility index (Phi) is 4.13. The van der Waals surface area contributed by atoms with Crippen molar-refractivity contribution < 1.29 is 8.42 Å². The molecule has 0 aliphatic heterocycles. The van der Waals surface area contributed by atoms with Gasteiger partial charge >= 0.3 is 0 Å². The van der Waals surface area contributed by atoms with Crippen molar-refractivity contribution in [1.29, 1.82) is 0 Å². The lowest BCUT2D eigenvalue weighted by molar-refractivity contribution is 0.600. The minimum atomic E-state index is -3.70. The number of hydrogen-bond donors (Lipinski definition) is 2. The first-order valence-electron chi connectivity index (χ1n) is 5.63. The molecule has 0 saturated heterocycles. The quantitative estimate of drug-likeness (QED) is 0.843. The van der Waals surface area contributed by atoms with Crippen molar-refractivity contribution in [2.75, 3.05) is 10.5 Å². The van der Waals surface area contributed by atoms with Crippen LogP contribution in [0.25, 0.3) is 0 Å². The Morgan fingerprint density at radius 2 is 1.75 bits per heavy atom. The van der Waals surface area contributed by atoms with Gasteiger partial charge in [0.25, 0.3) is 10.0 Å². The van der Waals surface area contributed by atoms with Gasteiger partial charge in [0.15, 0.2) is 0 Å². The number of benzene rings is 2. The van der Waals surface area contributed by atoms with Crippen LogP contribution in [0.1, 0.15) is 5.56 Å². The fraction of sp³-hybridized carbons (Fsp3) is 0.0769. The molecule has 0 saturated carbocycles. The Bertz CT molecular complexity index is 761. The van der Waals surface area contributed by atoms with Crippen molar-refractivity contribution >= 4 is 44.6 Å². The Balaban J connectivity index is 2.38. The summed E-state index contributed by atoms with van der Waals surface area (Å²) < 4.78 is 27.1. The topological polar surface area (TPSA) is 72.2 Å². The van der Waals surface area contributed by atoms with Crippen LogP contribution in [-0.4, -0.2) is 8.42 Å². The number of nitrogens with two attached hydrogens (primary N) is 1. The summed E-state index contributed by atoms with van der Waals surface area (Å²) in [6.07, 6.45) is 0. The fourth-order valence-electron chi connectivity index (χ4n) is 1.74. The standard InChI is InChI=1S/C13H12Cl2N2O2S/c1-8-6-9(16)2-5-13(8)20(18,19)17-10-3-4-11(14)12(15)7-10/h2-7,17H,16H2,1H3. The molecule has 0 bridgehead atoms. The molecule has 0 aromatic heterocycles. The van der Waals surface area contributed by atoms with Crippen LogP contribution < -0.4 is 10.5 Å². The van der Waals surface area contributed by atoms with Crippen molar-refractivity contribution in [2.45, 2.75) is 11.8 Å². The van der Waals surface area contributed by atoms with Crippen LogP contribution in [0, 0.1) is 6.92 Å². The van der Waals surface area contributed by atoms with E-state index >= 15 is 0 Å². The molecule has 2 rings (SSSR count). The molecule has 2 aromatic carbocycles. The zero-order chi connectivity index (χ0) is 14.9. The Morgan fingerprint density at radius 1 is 1.05 bits per heavy atom. The van der Waals surface area contributed by atoms with E-state index in [0.29, 0.717) is 22.0 Å². The summed E-state index contributed by atoms with van der Waals surface area (Å²) in [6, 6.07) is 9.12. The van der Waals surface area contributed by atoms with Gasteiger partial charge in [0.1, 0.15) is 0 Å². The third kappa shape index (κ3) is 3.17. The van der Waals surface area contributed by atoms with E-state index in [-0.39, 0.29) is 9.92 Å². The average molecular weight is 331 g/mol. The summed E-state index contributed by atoms with van der Waals surface area (Å²) in [4.78, 5) is 0.165. The molecule has 0 aliphatic rings.